The van der Waals surface area contributed by atoms with Crippen molar-refractivity contribution in [3.63, 3.8) is 0 Å². The van der Waals surface area contributed by atoms with Crippen LogP contribution >= 0.6 is 11.3 Å². The normalized spacial score (nSPS) is 16.2. The quantitative estimate of drug-likeness (QED) is 0.279. The molecule has 0 radical (unpaired) electrons. The molecule has 1 aliphatic heterocycles. The largest absolute Gasteiger partial charge is 0.493 e. The Kier molecular flexibility index (Phi) is 8.63. The molecule has 0 fully saturated rings. The number of thiazole rings is 1. The lowest BCUT2D eigenvalue weighted by Crippen LogP contribution is -2.61. The first-order chi connectivity index (χ1) is 20.4. The molecular formula is C32H33N3O6S. The summed E-state index contributed by atoms with van der Waals surface area (Å²) in [5.74, 6) is 1.10. The molecule has 1 aliphatic rings. The van der Waals surface area contributed by atoms with Crippen molar-refractivity contribution in [3.8, 4) is 33.7 Å². The van der Waals surface area contributed by atoms with E-state index in [-0.39, 0.29) is 30.8 Å². The van der Waals surface area contributed by atoms with E-state index in [9.17, 15) is 9.59 Å². The third-order valence-corrected chi connectivity index (χ3v) is 8.39. The fourth-order valence-electron chi connectivity index (χ4n) is 4.97. The van der Waals surface area contributed by atoms with Crippen LogP contribution in [0, 0.1) is 0 Å². The van der Waals surface area contributed by atoms with Crippen molar-refractivity contribution in [2.75, 3.05) is 34.5 Å². The average Bonchev–Trinajstić information content (AvgIpc) is 3.43. The molecule has 10 heteroatoms. The number of hydrogen-bond donors (Lipinski definition) is 1. The second-order valence-corrected chi connectivity index (χ2v) is 10.9. The molecular weight excluding hydrogens is 554 g/mol. The molecule has 3 aromatic carbocycles. The predicted molar refractivity (Wildman–Crippen MR) is 161 cm³/mol. The van der Waals surface area contributed by atoms with Crippen molar-refractivity contribution in [2.45, 2.75) is 25.4 Å². The Morgan fingerprint density at radius 1 is 0.976 bits per heavy atom. The number of benzene rings is 3. The van der Waals surface area contributed by atoms with E-state index in [1.54, 1.807) is 39.2 Å². The third-order valence-electron chi connectivity index (χ3n) is 7.32. The van der Waals surface area contributed by atoms with E-state index in [0.717, 1.165) is 16.7 Å². The van der Waals surface area contributed by atoms with Gasteiger partial charge < -0.3 is 29.2 Å². The molecule has 5 rings (SSSR count). The number of hydrogen-bond acceptors (Lipinski definition) is 8. The summed E-state index contributed by atoms with van der Waals surface area (Å²) >= 11 is 1.26. The Morgan fingerprint density at radius 3 is 2.33 bits per heavy atom. The van der Waals surface area contributed by atoms with Gasteiger partial charge >= 0.3 is 0 Å². The van der Waals surface area contributed by atoms with Crippen molar-refractivity contribution in [1.29, 1.82) is 0 Å². The van der Waals surface area contributed by atoms with Crippen molar-refractivity contribution < 1.29 is 28.5 Å². The summed E-state index contributed by atoms with van der Waals surface area (Å²) in [6.45, 7) is 2.19. The molecule has 0 saturated heterocycles. The number of amides is 2. The Morgan fingerprint density at radius 2 is 1.67 bits per heavy atom. The minimum Gasteiger partial charge on any atom is -0.493 e. The highest BCUT2D eigenvalue weighted by atomic mass is 32.1. The van der Waals surface area contributed by atoms with Crippen LogP contribution in [0.5, 0.6) is 23.1 Å². The maximum absolute atomic E-state index is 14.2. The lowest BCUT2D eigenvalue weighted by Gasteiger charge is -2.38. The van der Waals surface area contributed by atoms with Crippen molar-refractivity contribution >= 4 is 23.2 Å². The molecule has 0 unspecified atom stereocenters. The monoisotopic (exact) mass is 587 g/mol. The number of nitrogens with zero attached hydrogens (tertiary/aromatic N) is 2. The molecule has 1 atom stereocenters. The Hall–Kier alpha value is -4.57. The van der Waals surface area contributed by atoms with Gasteiger partial charge in [0.15, 0.2) is 21.9 Å². The molecule has 2 heterocycles. The van der Waals surface area contributed by atoms with Crippen LogP contribution in [0.3, 0.4) is 0 Å². The number of carbonyl (C=O) groups is 2. The minimum absolute atomic E-state index is 0.0621. The SMILES string of the molecule is COc1ccc(CCN2C(=O)c3sc(-c4ccccc4)nc3OC[C@]2(C)C(=O)NCc2ccccc2)c(OC)c1OC. The predicted octanol–water partition coefficient (Wildman–Crippen LogP) is 4.99. The first kappa shape index (κ1) is 28.9. The second kappa shape index (κ2) is 12.5. The van der Waals surface area contributed by atoms with Crippen LogP contribution in [-0.2, 0) is 17.8 Å². The van der Waals surface area contributed by atoms with Crippen molar-refractivity contribution in [1.82, 2.24) is 15.2 Å². The number of aromatic nitrogens is 1. The summed E-state index contributed by atoms with van der Waals surface area (Å²) in [5.41, 5.74) is 1.32. The lowest BCUT2D eigenvalue weighted by molar-refractivity contribution is -0.133. The van der Waals surface area contributed by atoms with Gasteiger partial charge in [0, 0.05) is 24.2 Å². The van der Waals surface area contributed by atoms with E-state index in [1.165, 1.54) is 11.3 Å². The van der Waals surface area contributed by atoms with Gasteiger partial charge in [-0.3, -0.25) is 9.59 Å². The highest BCUT2D eigenvalue weighted by Gasteiger charge is 2.47. The Labute approximate surface area is 249 Å². The van der Waals surface area contributed by atoms with E-state index in [2.05, 4.69) is 10.3 Å². The van der Waals surface area contributed by atoms with E-state index >= 15 is 0 Å². The van der Waals surface area contributed by atoms with E-state index in [4.69, 9.17) is 18.9 Å². The van der Waals surface area contributed by atoms with Crippen LogP contribution < -0.4 is 24.3 Å². The molecule has 2 amide bonds. The van der Waals surface area contributed by atoms with Gasteiger partial charge in [-0.2, -0.15) is 0 Å². The first-order valence-corrected chi connectivity index (χ1v) is 14.3. The van der Waals surface area contributed by atoms with Gasteiger partial charge in [0.05, 0.1) is 21.3 Å². The molecule has 0 bridgehead atoms. The average molecular weight is 588 g/mol. The standard InChI is InChI=1S/C32H33N3O6S/c1-32(31(37)33-19-21-11-7-5-8-12-21)20-41-28-27(42-29(34-28)23-13-9-6-10-14-23)30(36)35(32)18-17-22-15-16-24(38-2)26(40-4)25(22)39-3/h5-16H,17-20H2,1-4H3,(H,33,37)/t32-/m1/s1. The molecule has 4 aromatic rings. The van der Waals surface area contributed by atoms with Crippen LogP contribution in [0.1, 0.15) is 27.7 Å². The summed E-state index contributed by atoms with van der Waals surface area (Å²) in [6.07, 6.45) is 0.385. The van der Waals surface area contributed by atoms with Gasteiger partial charge in [-0.1, -0.05) is 66.7 Å². The van der Waals surface area contributed by atoms with E-state index in [0.29, 0.717) is 40.1 Å². The number of fused-ring (bicyclic) bond motifs is 1. The highest BCUT2D eigenvalue weighted by molar-refractivity contribution is 7.17. The minimum atomic E-state index is -1.32. The number of carbonyl (C=O) groups excluding carboxylic acids is 2. The summed E-state index contributed by atoms with van der Waals surface area (Å²) in [4.78, 5) is 34.6. The van der Waals surface area contributed by atoms with Gasteiger partial charge in [0.1, 0.15) is 11.6 Å². The fourth-order valence-corrected chi connectivity index (χ4v) is 5.94. The number of nitrogens with one attached hydrogen (secondary N) is 1. The molecule has 0 aliphatic carbocycles. The topological polar surface area (TPSA) is 99.2 Å². The molecule has 9 nitrogen and oxygen atoms in total. The smallest absolute Gasteiger partial charge is 0.270 e. The number of methoxy groups -OCH3 is 3. The van der Waals surface area contributed by atoms with E-state index in [1.807, 2.05) is 66.7 Å². The molecule has 0 saturated carbocycles. The lowest BCUT2D eigenvalue weighted by atomic mass is 9.97. The summed E-state index contributed by atoms with van der Waals surface area (Å²) < 4.78 is 22.8. The molecule has 42 heavy (non-hydrogen) atoms. The maximum Gasteiger partial charge on any atom is 0.270 e. The first-order valence-electron chi connectivity index (χ1n) is 13.5. The van der Waals surface area contributed by atoms with Gasteiger partial charge in [-0.15, -0.1) is 11.3 Å². The zero-order valence-electron chi connectivity index (χ0n) is 24.0. The van der Waals surface area contributed by atoms with Gasteiger partial charge in [0.25, 0.3) is 5.91 Å². The highest BCUT2D eigenvalue weighted by Crippen LogP contribution is 2.41. The summed E-state index contributed by atoms with van der Waals surface area (Å²) in [7, 11) is 4.66. The Bertz CT molecular complexity index is 1560. The zero-order valence-corrected chi connectivity index (χ0v) is 24.8. The number of rotatable bonds is 10. The zero-order chi connectivity index (χ0) is 29.7. The van der Waals surface area contributed by atoms with Crippen LogP contribution in [0.25, 0.3) is 10.6 Å². The van der Waals surface area contributed by atoms with Crippen molar-refractivity contribution in [2.24, 2.45) is 0 Å². The van der Waals surface area contributed by atoms with Crippen LogP contribution in [0.4, 0.5) is 0 Å². The van der Waals surface area contributed by atoms with E-state index < -0.39 is 5.54 Å². The van der Waals surface area contributed by atoms with Crippen LogP contribution in [0.15, 0.2) is 72.8 Å². The maximum atomic E-state index is 14.2. The van der Waals surface area contributed by atoms with Gasteiger partial charge in [0.2, 0.25) is 17.5 Å². The molecule has 218 valence electrons. The van der Waals surface area contributed by atoms with Crippen LogP contribution in [-0.4, -0.2) is 61.7 Å². The summed E-state index contributed by atoms with van der Waals surface area (Å²) in [6, 6.07) is 22.9. The third kappa shape index (κ3) is 5.62. The van der Waals surface area contributed by atoms with Crippen molar-refractivity contribution in [3.05, 3.63) is 88.8 Å². The van der Waals surface area contributed by atoms with Gasteiger partial charge in [-0.05, 0) is 25.0 Å². The number of ether oxygens (including phenoxy) is 4. The molecule has 1 aromatic heterocycles. The summed E-state index contributed by atoms with van der Waals surface area (Å²) in [5, 5.41) is 3.68. The Balaban J connectivity index is 1.48. The van der Waals surface area contributed by atoms with Crippen LogP contribution in [0.2, 0.25) is 0 Å². The fraction of sp³-hybridized carbons (Fsp3) is 0.281. The van der Waals surface area contributed by atoms with Gasteiger partial charge in [-0.25, -0.2) is 4.98 Å². The molecule has 1 N–H and O–H groups in total. The second-order valence-electron chi connectivity index (χ2n) is 9.95. The molecule has 0 spiro atoms.